The third-order valence-electron chi connectivity index (χ3n) is 2.84. The first kappa shape index (κ1) is 11.2. The minimum atomic E-state index is 0.427. The molecular weight excluding hydrogens is 228 g/mol. The lowest BCUT2D eigenvalue weighted by Gasteiger charge is -2.02. The third-order valence-corrected chi connectivity index (χ3v) is 2.84. The maximum atomic E-state index is 5.48. The minimum absolute atomic E-state index is 0.427. The van der Waals surface area contributed by atoms with E-state index in [0.717, 1.165) is 12.2 Å². The van der Waals surface area contributed by atoms with Gasteiger partial charge in [0.05, 0.1) is 5.69 Å². The Labute approximate surface area is 106 Å². The number of hydrogen-bond acceptors (Lipinski definition) is 4. The Morgan fingerprint density at radius 2 is 2.11 bits per heavy atom. The zero-order valence-corrected chi connectivity index (χ0v) is 10.1. The van der Waals surface area contributed by atoms with Crippen molar-refractivity contribution < 1.29 is 4.74 Å². The Balaban J connectivity index is 1.52. The standard InChI is InChI=1S/C13H16N4O/c1-2-4-12(5-3-1)17-10-15-13(16-17)18-9-8-14-11-6-7-11/h1-5,10-11,14H,6-9H2. The molecular formula is C13H16N4O. The van der Waals surface area contributed by atoms with E-state index >= 15 is 0 Å². The van der Waals surface area contributed by atoms with Crippen LogP contribution in [-0.2, 0) is 0 Å². The number of ether oxygens (including phenoxy) is 1. The van der Waals surface area contributed by atoms with Gasteiger partial charge in [0.1, 0.15) is 12.9 Å². The van der Waals surface area contributed by atoms with E-state index in [1.165, 1.54) is 12.8 Å². The first-order valence-corrected chi connectivity index (χ1v) is 6.25. The summed E-state index contributed by atoms with van der Waals surface area (Å²) in [6, 6.07) is 11.0. The SMILES string of the molecule is c1ccc(-n2cnc(OCCNC3CC3)n2)cc1. The molecule has 0 bridgehead atoms. The first-order chi connectivity index (χ1) is 8.92. The molecule has 0 atom stereocenters. The predicted molar refractivity (Wildman–Crippen MR) is 67.9 cm³/mol. The van der Waals surface area contributed by atoms with Crippen LogP contribution in [0.3, 0.4) is 0 Å². The van der Waals surface area contributed by atoms with Crippen molar-refractivity contribution in [2.45, 2.75) is 18.9 Å². The van der Waals surface area contributed by atoms with E-state index in [9.17, 15) is 0 Å². The summed E-state index contributed by atoms with van der Waals surface area (Å²) in [5.41, 5.74) is 0.982. The van der Waals surface area contributed by atoms with Gasteiger partial charge in [-0.25, -0.2) is 4.68 Å². The molecule has 1 fully saturated rings. The summed E-state index contributed by atoms with van der Waals surface area (Å²) in [5.74, 6) is 0. The maximum Gasteiger partial charge on any atom is 0.335 e. The normalized spacial score (nSPS) is 14.7. The molecule has 1 aliphatic rings. The summed E-state index contributed by atoms with van der Waals surface area (Å²) in [4.78, 5) is 4.13. The fraction of sp³-hybridized carbons (Fsp3) is 0.385. The highest BCUT2D eigenvalue weighted by molar-refractivity contribution is 5.29. The second-order valence-electron chi connectivity index (χ2n) is 4.38. The molecule has 1 aromatic carbocycles. The van der Waals surface area contributed by atoms with Gasteiger partial charge in [-0.1, -0.05) is 18.2 Å². The van der Waals surface area contributed by atoms with E-state index in [1.807, 2.05) is 30.3 Å². The number of benzene rings is 1. The molecule has 5 nitrogen and oxygen atoms in total. The van der Waals surface area contributed by atoms with E-state index in [2.05, 4.69) is 15.4 Å². The molecule has 94 valence electrons. The van der Waals surface area contributed by atoms with Gasteiger partial charge in [0.15, 0.2) is 0 Å². The van der Waals surface area contributed by atoms with Gasteiger partial charge >= 0.3 is 6.01 Å². The van der Waals surface area contributed by atoms with Crippen molar-refractivity contribution >= 4 is 0 Å². The van der Waals surface area contributed by atoms with Crippen LogP contribution >= 0.6 is 0 Å². The Hall–Kier alpha value is -1.88. The fourth-order valence-electron chi connectivity index (χ4n) is 1.71. The lowest BCUT2D eigenvalue weighted by Crippen LogP contribution is -2.23. The van der Waals surface area contributed by atoms with Gasteiger partial charge in [-0.3, -0.25) is 0 Å². The van der Waals surface area contributed by atoms with E-state index < -0.39 is 0 Å². The second kappa shape index (κ2) is 5.18. The van der Waals surface area contributed by atoms with Crippen LogP contribution in [0.4, 0.5) is 0 Å². The predicted octanol–water partition coefficient (Wildman–Crippen LogP) is 1.40. The van der Waals surface area contributed by atoms with Crippen LogP contribution in [0, 0.1) is 0 Å². The highest BCUT2D eigenvalue weighted by atomic mass is 16.5. The van der Waals surface area contributed by atoms with Gasteiger partial charge < -0.3 is 10.1 Å². The number of aromatic nitrogens is 3. The minimum Gasteiger partial charge on any atom is -0.461 e. The van der Waals surface area contributed by atoms with Crippen LogP contribution in [0.2, 0.25) is 0 Å². The van der Waals surface area contributed by atoms with Crippen LogP contribution in [-0.4, -0.2) is 34.0 Å². The summed E-state index contributed by atoms with van der Waals surface area (Å²) >= 11 is 0. The van der Waals surface area contributed by atoms with E-state index in [0.29, 0.717) is 18.7 Å². The highest BCUT2D eigenvalue weighted by Crippen LogP contribution is 2.18. The zero-order chi connectivity index (χ0) is 12.2. The van der Waals surface area contributed by atoms with Crippen molar-refractivity contribution in [1.29, 1.82) is 0 Å². The van der Waals surface area contributed by atoms with Gasteiger partial charge in [0, 0.05) is 12.6 Å². The lowest BCUT2D eigenvalue weighted by atomic mass is 10.3. The molecule has 0 unspecified atom stereocenters. The Morgan fingerprint density at radius 3 is 2.89 bits per heavy atom. The lowest BCUT2D eigenvalue weighted by molar-refractivity contribution is 0.289. The van der Waals surface area contributed by atoms with Gasteiger partial charge in [0.2, 0.25) is 0 Å². The molecule has 18 heavy (non-hydrogen) atoms. The van der Waals surface area contributed by atoms with Crippen molar-refractivity contribution in [3.8, 4) is 11.7 Å². The summed E-state index contributed by atoms with van der Waals surface area (Å²) in [5, 5.41) is 7.65. The van der Waals surface area contributed by atoms with Crippen molar-refractivity contribution in [1.82, 2.24) is 20.1 Å². The van der Waals surface area contributed by atoms with Crippen LogP contribution in [0.15, 0.2) is 36.7 Å². The quantitative estimate of drug-likeness (QED) is 0.780. The smallest absolute Gasteiger partial charge is 0.335 e. The number of hydrogen-bond donors (Lipinski definition) is 1. The monoisotopic (exact) mass is 244 g/mol. The van der Waals surface area contributed by atoms with Gasteiger partial charge in [0.25, 0.3) is 0 Å². The third kappa shape index (κ3) is 2.87. The average Bonchev–Trinajstić information content (AvgIpc) is 3.12. The summed E-state index contributed by atoms with van der Waals surface area (Å²) in [6.07, 6.45) is 4.25. The average molecular weight is 244 g/mol. The Morgan fingerprint density at radius 1 is 1.28 bits per heavy atom. The van der Waals surface area contributed by atoms with Crippen LogP contribution in [0.1, 0.15) is 12.8 Å². The molecule has 0 amide bonds. The summed E-state index contributed by atoms with van der Waals surface area (Å²) < 4.78 is 7.19. The van der Waals surface area contributed by atoms with E-state index in [-0.39, 0.29) is 0 Å². The van der Waals surface area contributed by atoms with Crippen LogP contribution in [0.25, 0.3) is 5.69 Å². The molecule has 1 aliphatic carbocycles. The molecule has 5 heteroatoms. The molecule has 0 aliphatic heterocycles. The molecule has 2 aromatic rings. The van der Waals surface area contributed by atoms with Crippen molar-refractivity contribution in [2.24, 2.45) is 0 Å². The number of nitrogens with one attached hydrogen (secondary N) is 1. The number of para-hydroxylation sites is 1. The number of rotatable bonds is 6. The summed E-state index contributed by atoms with van der Waals surface area (Å²) in [6.45, 7) is 1.46. The molecule has 0 radical (unpaired) electrons. The topological polar surface area (TPSA) is 52.0 Å². The van der Waals surface area contributed by atoms with E-state index in [1.54, 1.807) is 11.0 Å². The second-order valence-corrected chi connectivity index (χ2v) is 4.38. The molecule has 1 heterocycles. The molecule has 3 rings (SSSR count). The fourth-order valence-corrected chi connectivity index (χ4v) is 1.71. The van der Waals surface area contributed by atoms with Crippen molar-refractivity contribution in [3.05, 3.63) is 36.7 Å². The first-order valence-electron chi connectivity index (χ1n) is 6.25. The number of nitrogens with zero attached hydrogens (tertiary/aromatic N) is 3. The largest absolute Gasteiger partial charge is 0.461 e. The van der Waals surface area contributed by atoms with Gasteiger partial charge in [-0.05, 0) is 25.0 Å². The Bertz CT molecular complexity index is 493. The zero-order valence-electron chi connectivity index (χ0n) is 10.1. The highest BCUT2D eigenvalue weighted by Gasteiger charge is 2.19. The maximum absolute atomic E-state index is 5.48. The van der Waals surface area contributed by atoms with Crippen LogP contribution in [0.5, 0.6) is 6.01 Å². The van der Waals surface area contributed by atoms with Gasteiger partial charge in [-0.2, -0.15) is 4.98 Å². The molecule has 1 aromatic heterocycles. The molecule has 1 N–H and O–H groups in total. The molecule has 0 saturated heterocycles. The van der Waals surface area contributed by atoms with Gasteiger partial charge in [-0.15, -0.1) is 5.10 Å². The van der Waals surface area contributed by atoms with E-state index in [4.69, 9.17) is 4.74 Å². The van der Waals surface area contributed by atoms with Crippen LogP contribution < -0.4 is 10.1 Å². The molecule has 1 saturated carbocycles. The summed E-state index contributed by atoms with van der Waals surface area (Å²) in [7, 11) is 0. The molecule has 0 spiro atoms. The van der Waals surface area contributed by atoms with Crippen molar-refractivity contribution in [2.75, 3.05) is 13.2 Å². The Kier molecular flexibility index (Phi) is 3.23. The van der Waals surface area contributed by atoms with Crippen molar-refractivity contribution in [3.63, 3.8) is 0 Å².